The lowest BCUT2D eigenvalue weighted by atomic mass is 10.2. The Hall–Kier alpha value is -3.88. The molecule has 9 nitrogen and oxygen atoms in total. The summed E-state index contributed by atoms with van der Waals surface area (Å²) in [5.74, 6) is 1.16. The van der Waals surface area contributed by atoms with Crippen molar-refractivity contribution in [2.24, 2.45) is 7.05 Å². The quantitative estimate of drug-likeness (QED) is 0.527. The van der Waals surface area contributed by atoms with Crippen molar-refractivity contribution in [3.8, 4) is 5.82 Å². The number of rotatable bonds is 4. The molecule has 1 aromatic carbocycles. The van der Waals surface area contributed by atoms with E-state index >= 15 is 0 Å². The van der Waals surface area contributed by atoms with Crippen LogP contribution in [0.2, 0.25) is 0 Å². The molecule has 3 heterocycles. The highest BCUT2D eigenvalue weighted by atomic mass is 16.6. The number of nitrogens with one attached hydrogen (secondary N) is 2. The van der Waals surface area contributed by atoms with Crippen LogP contribution in [0.4, 0.5) is 22.1 Å². The second-order valence-electron chi connectivity index (χ2n) is 7.82. The molecule has 30 heavy (non-hydrogen) atoms. The minimum absolute atomic E-state index is 0.463. The molecule has 0 radical (unpaired) electrons. The fourth-order valence-corrected chi connectivity index (χ4v) is 3.05. The van der Waals surface area contributed by atoms with Gasteiger partial charge in [-0.1, -0.05) is 6.07 Å². The number of carbonyl (C=O) groups excluding carboxylic acids is 1. The SMILES string of the molecule is Cn1cc(Nc2nccc(-n3ccc4c(NC(=O)OC(C)(C)C)cccc43)n2)cn1. The van der Waals surface area contributed by atoms with Crippen molar-refractivity contribution in [2.75, 3.05) is 10.6 Å². The molecule has 3 aromatic heterocycles. The lowest BCUT2D eigenvalue weighted by molar-refractivity contribution is 0.0636. The molecule has 0 aliphatic heterocycles. The Morgan fingerprint density at radius 3 is 2.73 bits per heavy atom. The van der Waals surface area contributed by atoms with E-state index in [4.69, 9.17) is 4.74 Å². The predicted molar refractivity (Wildman–Crippen MR) is 115 cm³/mol. The van der Waals surface area contributed by atoms with Gasteiger partial charge in [0.25, 0.3) is 0 Å². The van der Waals surface area contributed by atoms with E-state index in [9.17, 15) is 4.79 Å². The summed E-state index contributed by atoms with van der Waals surface area (Å²) in [7, 11) is 1.84. The van der Waals surface area contributed by atoms with Crippen molar-refractivity contribution in [1.29, 1.82) is 0 Å². The van der Waals surface area contributed by atoms with Crippen molar-refractivity contribution >= 4 is 34.3 Å². The number of anilines is 3. The molecule has 2 N–H and O–H groups in total. The second-order valence-corrected chi connectivity index (χ2v) is 7.82. The van der Waals surface area contributed by atoms with Gasteiger partial charge in [0, 0.05) is 31.0 Å². The molecule has 4 aromatic rings. The third-order valence-corrected chi connectivity index (χ3v) is 4.22. The molecule has 0 aliphatic carbocycles. The first kappa shape index (κ1) is 19.4. The Kier molecular flexibility index (Phi) is 4.86. The average Bonchev–Trinajstić information content (AvgIpc) is 3.27. The van der Waals surface area contributed by atoms with Crippen molar-refractivity contribution in [3.05, 3.63) is 55.1 Å². The highest BCUT2D eigenvalue weighted by Gasteiger charge is 2.17. The van der Waals surface area contributed by atoms with Crippen LogP contribution in [-0.2, 0) is 11.8 Å². The number of nitrogens with zero attached hydrogens (tertiary/aromatic N) is 5. The number of hydrogen-bond donors (Lipinski definition) is 2. The van der Waals surface area contributed by atoms with Gasteiger partial charge in [-0.15, -0.1) is 0 Å². The maximum Gasteiger partial charge on any atom is 0.412 e. The normalized spacial score (nSPS) is 11.5. The molecule has 154 valence electrons. The minimum atomic E-state index is -0.567. The molecule has 0 spiro atoms. The van der Waals surface area contributed by atoms with Crippen molar-refractivity contribution in [1.82, 2.24) is 24.3 Å². The van der Waals surface area contributed by atoms with E-state index in [0.717, 1.165) is 16.6 Å². The Morgan fingerprint density at radius 2 is 2.00 bits per heavy atom. The van der Waals surface area contributed by atoms with Gasteiger partial charge in [0.2, 0.25) is 5.95 Å². The van der Waals surface area contributed by atoms with Crippen molar-refractivity contribution < 1.29 is 9.53 Å². The number of benzene rings is 1. The van der Waals surface area contributed by atoms with E-state index in [0.29, 0.717) is 17.5 Å². The van der Waals surface area contributed by atoms with Gasteiger partial charge < -0.3 is 14.6 Å². The Morgan fingerprint density at radius 1 is 1.17 bits per heavy atom. The fraction of sp³-hybridized carbons (Fsp3) is 0.238. The lowest BCUT2D eigenvalue weighted by Crippen LogP contribution is -2.27. The van der Waals surface area contributed by atoms with Crippen LogP contribution < -0.4 is 10.6 Å². The maximum atomic E-state index is 12.2. The molecule has 0 saturated heterocycles. The van der Waals surface area contributed by atoms with Gasteiger partial charge in [-0.2, -0.15) is 10.1 Å². The Labute approximate surface area is 173 Å². The standard InChI is InChI=1S/C21H23N7O2/c1-21(2,3)30-20(29)25-16-6-5-7-17-15(16)9-11-28(17)18-8-10-22-19(26-18)24-14-12-23-27(4)13-14/h5-13H,1-4H3,(H,25,29)(H,22,24,26). The number of carbonyl (C=O) groups is 1. The van der Waals surface area contributed by atoms with Gasteiger partial charge in [0.1, 0.15) is 11.4 Å². The highest BCUT2D eigenvalue weighted by Crippen LogP contribution is 2.27. The monoisotopic (exact) mass is 405 g/mol. The Balaban J connectivity index is 1.63. The first-order chi connectivity index (χ1) is 14.3. The van der Waals surface area contributed by atoms with E-state index in [1.807, 2.05) is 75.1 Å². The third-order valence-electron chi connectivity index (χ3n) is 4.22. The Bertz CT molecular complexity index is 1200. The van der Waals surface area contributed by atoms with Crippen LogP contribution in [0.5, 0.6) is 0 Å². The zero-order valence-corrected chi connectivity index (χ0v) is 17.2. The summed E-state index contributed by atoms with van der Waals surface area (Å²) in [5.41, 5.74) is 1.80. The summed E-state index contributed by atoms with van der Waals surface area (Å²) in [6.45, 7) is 5.49. The van der Waals surface area contributed by atoms with Gasteiger partial charge in [-0.05, 0) is 45.0 Å². The third kappa shape index (κ3) is 4.24. The maximum absolute atomic E-state index is 12.2. The van der Waals surface area contributed by atoms with Crippen LogP contribution in [0, 0.1) is 0 Å². The summed E-state index contributed by atoms with van der Waals surface area (Å²) < 4.78 is 9.00. The largest absolute Gasteiger partial charge is 0.444 e. The zero-order valence-electron chi connectivity index (χ0n) is 17.2. The van der Waals surface area contributed by atoms with Gasteiger partial charge in [0.05, 0.1) is 23.1 Å². The zero-order chi connectivity index (χ0) is 21.3. The van der Waals surface area contributed by atoms with Crippen molar-refractivity contribution in [3.63, 3.8) is 0 Å². The highest BCUT2D eigenvalue weighted by molar-refractivity contribution is 5.99. The average molecular weight is 405 g/mol. The molecule has 0 bridgehead atoms. The van der Waals surface area contributed by atoms with Gasteiger partial charge in [-0.25, -0.2) is 9.78 Å². The number of ether oxygens (including phenoxy) is 1. The van der Waals surface area contributed by atoms with Gasteiger partial charge >= 0.3 is 6.09 Å². The number of aryl methyl sites for hydroxylation is 1. The van der Waals surface area contributed by atoms with Crippen molar-refractivity contribution in [2.45, 2.75) is 26.4 Å². The molecule has 0 aliphatic rings. The van der Waals surface area contributed by atoms with Crippen LogP contribution in [-0.4, -0.2) is 36.0 Å². The minimum Gasteiger partial charge on any atom is -0.444 e. The number of amides is 1. The van der Waals surface area contributed by atoms with Crippen LogP contribution >= 0.6 is 0 Å². The summed E-state index contributed by atoms with van der Waals surface area (Å²) in [6, 6.07) is 9.43. The summed E-state index contributed by atoms with van der Waals surface area (Å²) in [6.07, 6.45) is 6.65. The molecule has 0 atom stereocenters. The van der Waals surface area contributed by atoms with Gasteiger partial charge in [0.15, 0.2) is 0 Å². The van der Waals surface area contributed by atoms with Crippen LogP contribution in [0.15, 0.2) is 55.1 Å². The molecule has 0 fully saturated rings. The topological polar surface area (TPSA) is 98.9 Å². The number of aromatic nitrogens is 5. The molecule has 4 rings (SSSR count). The fourth-order valence-electron chi connectivity index (χ4n) is 3.05. The van der Waals surface area contributed by atoms with E-state index in [2.05, 4.69) is 25.7 Å². The summed E-state index contributed by atoms with van der Waals surface area (Å²) in [4.78, 5) is 21.1. The van der Waals surface area contributed by atoms with E-state index in [-0.39, 0.29) is 0 Å². The van der Waals surface area contributed by atoms with Crippen LogP contribution in [0.1, 0.15) is 20.8 Å². The molecule has 0 saturated carbocycles. The first-order valence-electron chi connectivity index (χ1n) is 9.48. The second kappa shape index (κ2) is 7.51. The molecular weight excluding hydrogens is 382 g/mol. The van der Waals surface area contributed by atoms with E-state index in [1.165, 1.54) is 0 Å². The molecule has 0 unspecified atom stereocenters. The lowest BCUT2D eigenvalue weighted by Gasteiger charge is -2.19. The van der Waals surface area contributed by atoms with E-state index in [1.54, 1.807) is 17.1 Å². The molecule has 1 amide bonds. The smallest absolute Gasteiger partial charge is 0.412 e. The predicted octanol–water partition coefficient (Wildman–Crippen LogP) is 4.24. The van der Waals surface area contributed by atoms with Crippen LogP contribution in [0.25, 0.3) is 16.7 Å². The first-order valence-corrected chi connectivity index (χ1v) is 9.48. The van der Waals surface area contributed by atoms with Crippen LogP contribution in [0.3, 0.4) is 0 Å². The number of fused-ring (bicyclic) bond motifs is 1. The summed E-state index contributed by atoms with van der Waals surface area (Å²) >= 11 is 0. The molecular formula is C21H23N7O2. The summed E-state index contributed by atoms with van der Waals surface area (Å²) in [5, 5.41) is 11.0. The van der Waals surface area contributed by atoms with E-state index < -0.39 is 11.7 Å². The number of hydrogen-bond acceptors (Lipinski definition) is 6. The van der Waals surface area contributed by atoms with Gasteiger partial charge in [-0.3, -0.25) is 10.00 Å². The molecule has 9 heteroatoms.